The average molecular weight is 996 g/mol. The Kier molecular flexibility index (Phi) is 13.1. The number of aromatic nitrogens is 2. The van der Waals surface area contributed by atoms with Crippen molar-refractivity contribution in [2.45, 2.75) is 6.04 Å². The maximum atomic E-state index is 5.58. The van der Waals surface area contributed by atoms with Gasteiger partial charge in [-0.1, -0.05) is 255 Å². The highest BCUT2D eigenvalue weighted by Gasteiger charge is 2.22. The molecule has 0 amide bonds. The molecule has 0 bridgehead atoms. The van der Waals surface area contributed by atoms with Gasteiger partial charge in [-0.05, 0) is 133 Å². The van der Waals surface area contributed by atoms with Crippen molar-refractivity contribution in [2.24, 2.45) is 0 Å². The molecule has 1 aliphatic heterocycles. The van der Waals surface area contributed by atoms with Gasteiger partial charge in [-0.3, -0.25) is 0 Å². The number of hydrogen-bond acceptors (Lipinski definition) is 3. The molecule has 0 fully saturated rings. The second-order valence-corrected chi connectivity index (χ2v) is 19.8. The van der Waals surface area contributed by atoms with Crippen LogP contribution in [0.15, 0.2) is 309 Å². The van der Waals surface area contributed by atoms with Gasteiger partial charge in [0.05, 0.1) is 28.8 Å². The Morgan fingerprint density at radius 2 is 0.513 bits per heavy atom. The smallest absolute Gasteiger partial charge is 0.0716 e. The SMILES string of the molecule is C1=C(c2ccccc2)C=C(c2ccc(-c3ccccc3)cc2)NC1c1cc(-c2cc(-c3ccccc3)cc(-c3ccc(-c4ccccc4)cc3)n2)cc(-c2cc(-c3ccccc3)cc(-c3ccc(-c4ccccc4)cc3)n2)c1. The molecule has 0 saturated carbocycles. The highest BCUT2D eigenvalue weighted by Crippen LogP contribution is 2.40. The van der Waals surface area contributed by atoms with Crippen LogP contribution in [0.2, 0.25) is 0 Å². The first kappa shape index (κ1) is 47.5. The number of dihydropyridines is 1. The molecule has 1 aliphatic rings. The van der Waals surface area contributed by atoms with Crippen molar-refractivity contribution in [3.05, 3.63) is 326 Å². The Hall–Kier alpha value is -10.2. The van der Waals surface area contributed by atoms with Crippen LogP contribution in [0.5, 0.6) is 0 Å². The zero-order valence-electron chi connectivity index (χ0n) is 42.9. The van der Waals surface area contributed by atoms with Gasteiger partial charge in [0.2, 0.25) is 0 Å². The van der Waals surface area contributed by atoms with Gasteiger partial charge in [-0.25, -0.2) is 9.97 Å². The van der Waals surface area contributed by atoms with Crippen LogP contribution in [0.1, 0.15) is 22.7 Å². The van der Waals surface area contributed by atoms with Crippen molar-refractivity contribution in [1.82, 2.24) is 15.3 Å². The molecule has 3 heterocycles. The minimum atomic E-state index is -0.225. The van der Waals surface area contributed by atoms with E-state index in [1.165, 1.54) is 22.3 Å². The van der Waals surface area contributed by atoms with E-state index in [0.717, 1.165) is 106 Å². The second-order valence-electron chi connectivity index (χ2n) is 19.8. The second kappa shape index (κ2) is 21.6. The molecular formula is C75H53N3. The predicted molar refractivity (Wildman–Crippen MR) is 326 cm³/mol. The van der Waals surface area contributed by atoms with E-state index in [0.29, 0.717) is 0 Å². The van der Waals surface area contributed by atoms with Crippen molar-refractivity contribution in [1.29, 1.82) is 0 Å². The highest BCUT2D eigenvalue weighted by molar-refractivity contribution is 5.88. The van der Waals surface area contributed by atoms with Crippen molar-refractivity contribution in [2.75, 3.05) is 0 Å². The molecule has 3 nitrogen and oxygen atoms in total. The normalized spacial score (nSPS) is 13.0. The summed E-state index contributed by atoms with van der Waals surface area (Å²) in [5.41, 5.74) is 24.6. The number of benzene rings is 10. The van der Waals surface area contributed by atoms with E-state index in [1.807, 2.05) is 0 Å². The minimum absolute atomic E-state index is 0.225. The monoisotopic (exact) mass is 995 g/mol. The Morgan fingerprint density at radius 1 is 0.231 bits per heavy atom. The third-order valence-corrected chi connectivity index (χ3v) is 14.7. The Labute approximate surface area is 456 Å². The van der Waals surface area contributed by atoms with Gasteiger partial charge in [-0.15, -0.1) is 0 Å². The summed E-state index contributed by atoms with van der Waals surface area (Å²) in [5, 5.41) is 4.03. The molecule has 12 aromatic rings. The first-order valence-electron chi connectivity index (χ1n) is 26.6. The van der Waals surface area contributed by atoms with Gasteiger partial charge in [-0.2, -0.15) is 0 Å². The molecule has 0 saturated heterocycles. The number of rotatable bonds is 12. The van der Waals surface area contributed by atoms with E-state index in [1.54, 1.807) is 0 Å². The van der Waals surface area contributed by atoms with Crippen LogP contribution >= 0.6 is 0 Å². The van der Waals surface area contributed by atoms with E-state index in [4.69, 9.17) is 9.97 Å². The Balaban J connectivity index is 0.993. The van der Waals surface area contributed by atoms with Crippen molar-refractivity contribution in [3.63, 3.8) is 0 Å². The molecule has 10 aromatic carbocycles. The third-order valence-electron chi connectivity index (χ3n) is 14.7. The van der Waals surface area contributed by atoms with Gasteiger partial charge in [0.15, 0.2) is 0 Å². The minimum Gasteiger partial charge on any atom is -0.374 e. The Morgan fingerprint density at radius 3 is 0.872 bits per heavy atom. The third kappa shape index (κ3) is 10.3. The van der Waals surface area contributed by atoms with Crippen LogP contribution in [-0.2, 0) is 0 Å². The van der Waals surface area contributed by atoms with Crippen LogP contribution in [0.25, 0.3) is 112 Å². The van der Waals surface area contributed by atoms with E-state index in [-0.39, 0.29) is 6.04 Å². The molecule has 3 heteroatoms. The molecule has 13 rings (SSSR count). The van der Waals surface area contributed by atoms with Crippen LogP contribution in [-0.4, -0.2) is 9.97 Å². The summed E-state index contributed by atoms with van der Waals surface area (Å²) in [5.74, 6) is 0. The molecule has 0 radical (unpaired) electrons. The number of nitrogens with zero attached hydrogens (tertiary/aromatic N) is 2. The van der Waals surface area contributed by atoms with Gasteiger partial charge in [0, 0.05) is 28.0 Å². The fourth-order valence-electron chi connectivity index (χ4n) is 10.6. The molecule has 1 unspecified atom stereocenters. The maximum Gasteiger partial charge on any atom is 0.0716 e. The van der Waals surface area contributed by atoms with Gasteiger partial charge in [0.25, 0.3) is 0 Å². The first-order chi connectivity index (χ1) is 38.6. The molecule has 0 aliphatic carbocycles. The molecule has 0 spiro atoms. The van der Waals surface area contributed by atoms with E-state index in [2.05, 4.69) is 315 Å². The Bertz CT molecular complexity index is 3890. The van der Waals surface area contributed by atoms with Gasteiger partial charge < -0.3 is 5.32 Å². The highest BCUT2D eigenvalue weighted by atomic mass is 14.9. The molecular weight excluding hydrogens is 943 g/mol. The zero-order chi connectivity index (χ0) is 52.0. The van der Waals surface area contributed by atoms with Gasteiger partial charge in [0.1, 0.15) is 0 Å². The largest absolute Gasteiger partial charge is 0.374 e. The van der Waals surface area contributed by atoms with Crippen molar-refractivity contribution < 1.29 is 0 Å². The number of nitrogens with one attached hydrogen (secondary N) is 1. The topological polar surface area (TPSA) is 37.8 Å². The standard InChI is InChI=1S/C75H53N3/c1-7-19-52(20-8-1)58-31-37-61(38-32-58)70-46-64(55-25-13-4-14-26-55)49-73(76-70)67-43-68(74-50-65(56-27-15-5-16-28-56)47-71(77-74)62-39-33-59(34-40-62)53-21-9-2-10-22-53)45-69(44-67)75-51-66(57-29-17-6-18-30-57)48-72(78-75)63-41-35-60(36-42-63)54-23-11-3-12-24-54/h1-51,73,76H. The average Bonchev–Trinajstić information content (AvgIpc) is 3.56. The lowest BCUT2D eigenvalue weighted by Crippen LogP contribution is -2.22. The summed E-state index contributed by atoms with van der Waals surface area (Å²) in [6, 6.07) is 106. The quantitative estimate of drug-likeness (QED) is 0.133. The maximum absolute atomic E-state index is 5.58. The summed E-state index contributed by atoms with van der Waals surface area (Å²) < 4.78 is 0. The summed E-state index contributed by atoms with van der Waals surface area (Å²) in [6.45, 7) is 0. The number of hydrogen-bond donors (Lipinski definition) is 1. The van der Waals surface area contributed by atoms with E-state index < -0.39 is 0 Å². The van der Waals surface area contributed by atoms with Crippen molar-refractivity contribution >= 4 is 11.3 Å². The molecule has 78 heavy (non-hydrogen) atoms. The van der Waals surface area contributed by atoms with Crippen LogP contribution in [0.3, 0.4) is 0 Å². The van der Waals surface area contributed by atoms with Crippen LogP contribution in [0.4, 0.5) is 0 Å². The first-order valence-corrected chi connectivity index (χ1v) is 26.6. The van der Waals surface area contributed by atoms with Crippen LogP contribution < -0.4 is 5.32 Å². The van der Waals surface area contributed by atoms with Crippen molar-refractivity contribution in [3.8, 4) is 101 Å². The predicted octanol–water partition coefficient (Wildman–Crippen LogP) is 19.2. The number of pyridine rings is 2. The molecule has 2 aromatic heterocycles. The summed E-state index contributed by atoms with van der Waals surface area (Å²) in [6.07, 6.45) is 4.65. The zero-order valence-corrected chi connectivity index (χ0v) is 42.9. The summed E-state index contributed by atoms with van der Waals surface area (Å²) >= 11 is 0. The molecule has 1 atom stereocenters. The lowest BCUT2D eigenvalue weighted by molar-refractivity contribution is 0.767. The fraction of sp³-hybridized carbons (Fsp3) is 0.0133. The number of allylic oxidation sites excluding steroid dienone is 2. The van der Waals surface area contributed by atoms with E-state index in [9.17, 15) is 0 Å². The van der Waals surface area contributed by atoms with Crippen LogP contribution in [0, 0.1) is 0 Å². The molecule has 1 N–H and O–H groups in total. The van der Waals surface area contributed by atoms with Gasteiger partial charge >= 0.3 is 0 Å². The van der Waals surface area contributed by atoms with E-state index >= 15 is 0 Å². The lowest BCUT2D eigenvalue weighted by Gasteiger charge is -2.27. The fourth-order valence-corrected chi connectivity index (χ4v) is 10.6. The lowest BCUT2D eigenvalue weighted by atomic mass is 9.90. The molecule has 368 valence electrons. The summed E-state index contributed by atoms with van der Waals surface area (Å²) in [4.78, 5) is 11.2. The summed E-state index contributed by atoms with van der Waals surface area (Å²) in [7, 11) is 0.